The van der Waals surface area contributed by atoms with Crippen LogP contribution in [0.3, 0.4) is 0 Å². The molecule has 8 nitrogen and oxygen atoms in total. The molecule has 0 radical (unpaired) electrons. The van der Waals surface area contributed by atoms with Crippen LogP contribution in [0.1, 0.15) is 22.4 Å². The van der Waals surface area contributed by atoms with Crippen LogP contribution >= 0.6 is 11.6 Å². The Morgan fingerprint density at radius 2 is 1.64 bits per heavy atom. The number of aromatic amines is 1. The van der Waals surface area contributed by atoms with E-state index in [2.05, 4.69) is 25.8 Å². The zero-order chi connectivity index (χ0) is 29.1. The molecule has 0 aliphatic heterocycles. The zero-order valence-electron chi connectivity index (χ0n) is 22.5. The molecule has 0 spiro atoms. The third-order valence-corrected chi connectivity index (χ3v) is 6.65. The summed E-state index contributed by atoms with van der Waals surface area (Å²) in [6.07, 6.45) is 9.14. The van der Waals surface area contributed by atoms with E-state index in [1.54, 1.807) is 30.5 Å². The number of fused-ring (bicyclic) bond motifs is 1. The standard InChI is InChI=1S/C33H28ClN5O3/c34-26-14-10-23(11-15-26)8-9-24-12-16-28(17-13-24)42-22-32(40)38-31(19-25-20-36-30-7-2-1-6-29(25)30)33(41)39-37-21-27-5-3-4-18-35-27/h1-18,20-21,31,36H,19,22H2,(H,38,40)(H,39,41)/b9-8+,37-21+/t31-/m0/s1. The van der Waals surface area contributed by atoms with Gasteiger partial charge < -0.3 is 15.0 Å². The van der Waals surface area contributed by atoms with Gasteiger partial charge in [0.15, 0.2) is 6.61 Å². The Morgan fingerprint density at radius 3 is 2.38 bits per heavy atom. The number of hydrogen-bond acceptors (Lipinski definition) is 5. The van der Waals surface area contributed by atoms with Crippen LogP contribution in [0, 0.1) is 0 Å². The fourth-order valence-corrected chi connectivity index (χ4v) is 4.37. The average molecular weight is 578 g/mol. The van der Waals surface area contributed by atoms with Crippen molar-refractivity contribution in [1.82, 2.24) is 20.7 Å². The van der Waals surface area contributed by atoms with Gasteiger partial charge in [0.1, 0.15) is 11.8 Å². The molecule has 2 amide bonds. The lowest BCUT2D eigenvalue weighted by atomic mass is 10.0. The summed E-state index contributed by atoms with van der Waals surface area (Å²) in [5.41, 5.74) is 6.95. The molecule has 2 heterocycles. The van der Waals surface area contributed by atoms with E-state index in [1.165, 1.54) is 6.21 Å². The van der Waals surface area contributed by atoms with Gasteiger partial charge in [-0.1, -0.05) is 72.3 Å². The summed E-state index contributed by atoms with van der Waals surface area (Å²) in [5.74, 6) is -0.362. The highest BCUT2D eigenvalue weighted by Gasteiger charge is 2.23. The molecule has 3 aromatic carbocycles. The predicted molar refractivity (Wildman–Crippen MR) is 166 cm³/mol. The summed E-state index contributed by atoms with van der Waals surface area (Å²) < 4.78 is 5.70. The molecular weight excluding hydrogens is 550 g/mol. The minimum atomic E-state index is -0.887. The lowest BCUT2D eigenvalue weighted by Gasteiger charge is -2.17. The van der Waals surface area contributed by atoms with Gasteiger partial charge in [-0.05, 0) is 59.2 Å². The van der Waals surface area contributed by atoms with Gasteiger partial charge in [0.25, 0.3) is 11.8 Å². The van der Waals surface area contributed by atoms with E-state index in [0.29, 0.717) is 16.5 Å². The number of pyridine rings is 1. The Balaban J connectivity index is 1.20. The second-order valence-corrected chi connectivity index (χ2v) is 9.85. The molecular formula is C33H28ClN5O3. The molecule has 0 unspecified atom stereocenters. The van der Waals surface area contributed by atoms with E-state index in [1.807, 2.05) is 85.1 Å². The molecule has 2 aromatic heterocycles. The number of aromatic nitrogens is 2. The second kappa shape index (κ2) is 13.9. The summed E-state index contributed by atoms with van der Waals surface area (Å²) in [7, 11) is 0. The molecule has 5 rings (SSSR count). The molecule has 0 fully saturated rings. The number of halogens is 1. The van der Waals surface area contributed by atoms with Crippen molar-refractivity contribution in [3.63, 3.8) is 0 Å². The molecule has 0 saturated heterocycles. The SMILES string of the molecule is O=C(COc1ccc(/C=C/c2ccc(Cl)cc2)cc1)N[C@@H](Cc1c[nH]c2ccccc12)C(=O)N/N=C/c1ccccn1. The van der Waals surface area contributed by atoms with Crippen molar-refractivity contribution in [2.75, 3.05) is 6.61 Å². The Hall–Kier alpha value is -5.21. The van der Waals surface area contributed by atoms with Crippen molar-refractivity contribution in [3.05, 3.63) is 131 Å². The molecule has 3 N–H and O–H groups in total. The monoisotopic (exact) mass is 577 g/mol. The van der Waals surface area contributed by atoms with E-state index < -0.39 is 17.9 Å². The van der Waals surface area contributed by atoms with Gasteiger partial charge >= 0.3 is 0 Å². The third kappa shape index (κ3) is 7.93. The number of rotatable bonds is 11. The van der Waals surface area contributed by atoms with Gasteiger partial charge in [0, 0.05) is 34.7 Å². The van der Waals surface area contributed by atoms with Crippen LogP contribution < -0.4 is 15.5 Å². The first kappa shape index (κ1) is 28.3. The number of para-hydroxylation sites is 1. The maximum Gasteiger partial charge on any atom is 0.262 e. The molecule has 210 valence electrons. The molecule has 5 aromatic rings. The maximum atomic E-state index is 13.1. The zero-order valence-corrected chi connectivity index (χ0v) is 23.3. The van der Waals surface area contributed by atoms with Crippen molar-refractivity contribution in [1.29, 1.82) is 0 Å². The summed E-state index contributed by atoms with van der Waals surface area (Å²) in [5, 5.41) is 8.47. The van der Waals surface area contributed by atoms with Crippen LogP contribution in [0.4, 0.5) is 0 Å². The van der Waals surface area contributed by atoms with E-state index in [4.69, 9.17) is 16.3 Å². The second-order valence-electron chi connectivity index (χ2n) is 9.42. The van der Waals surface area contributed by atoms with E-state index in [9.17, 15) is 9.59 Å². The van der Waals surface area contributed by atoms with Crippen molar-refractivity contribution in [3.8, 4) is 5.75 Å². The summed E-state index contributed by atoms with van der Waals surface area (Å²) in [6.45, 7) is -0.255. The Bertz CT molecular complexity index is 1700. The molecule has 0 saturated carbocycles. The molecule has 1 atom stereocenters. The Labute approximate surface area is 248 Å². The fourth-order valence-electron chi connectivity index (χ4n) is 4.25. The third-order valence-electron chi connectivity index (χ3n) is 6.40. The Morgan fingerprint density at radius 1 is 0.929 bits per heavy atom. The summed E-state index contributed by atoms with van der Waals surface area (Å²) in [4.78, 5) is 33.3. The summed E-state index contributed by atoms with van der Waals surface area (Å²) >= 11 is 5.94. The molecule has 9 heteroatoms. The molecule has 42 heavy (non-hydrogen) atoms. The lowest BCUT2D eigenvalue weighted by molar-refractivity contribution is -0.130. The summed E-state index contributed by atoms with van der Waals surface area (Å²) in [6, 6.07) is 27.2. The predicted octanol–water partition coefficient (Wildman–Crippen LogP) is 5.64. The highest BCUT2D eigenvalue weighted by Crippen LogP contribution is 2.20. The van der Waals surface area contributed by atoms with Gasteiger partial charge in [-0.3, -0.25) is 14.6 Å². The smallest absolute Gasteiger partial charge is 0.262 e. The first-order valence-electron chi connectivity index (χ1n) is 13.3. The van der Waals surface area contributed by atoms with Crippen LogP contribution in [-0.2, 0) is 16.0 Å². The largest absolute Gasteiger partial charge is 0.484 e. The topological polar surface area (TPSA) is 108 Å². The van der Waals surface area contributed by atoms with Gasteiger partial charge in [-0.2, -0.15) is 5.10 Å². The quantitative estimate of drug-likeness (QED) is 0.107. The number of hydrogen-bond donors (Lipinski definition) is 3. The normalized spacial score (nSPS) is 12.0. The minimum absolute atomic E-state index is 0.255. The van der Waals surface area contributed by atoms with E-state index in [0.717, 1.165) is 27.6 Å². The first-order valence-corrected chi connectivity index (χ1v) is 13.7. The van der Waals surface area contributed by atoms with Crippen LogP contribution in [0.2, 0.25) is 5.02 Å². The average Bonchev–Trinajstić information content (AvgIpc) is 3.43. The van der Waals surface area contributed by atoms with Gasteiger partial charge in [-0.25, -0.2) is 5.43 Å². The number of carbonyl (C=O) groups is 2. The highest BCUT2D eigenvalue weighted by molar-refractivity contribution is 6.30. The Kier molecular flexibility index (Phi) is 9.39. The lowest BCUT2D eigenvalue weighted by Crippen LogP contribution is -2.48. The van der Waals surface area contributed by atoms with Gasteiger partial charge in [-0.15, -0.1) is 0 Å². The fraction of sp³-hybridized carbons (Fsp3) is 0.0909. The van der Waals surface area contributed by atoms with E-state index >= 15 is 0 Å². The number of ether oxygens (including phenoxy) is 1. The van der Waals surface area contributed by atoms with Crippen LogP contribution in [0.15, 0.2) is 108 Å². The number of nitrogens with zero attached hydrogens (tertiary/aromatic N) is 2. The maximum absolute atomic E-state index is 13.1. The minimum Gasteiger partial charge on any atom is -0.484 e. The number of amides is 2. The van der Waals surface area contributed by atoms with Crippen LogP contribution in [-0.4, -0.2) is 40.6 Å². The first-order chi connectivity index (χ1) is 20.5. The molecule has 0 aliphatic rings. The molecule has 0 bridgehead atoms. The number of hydrazone groups is 1. The number of nitrogens with one attached hydrogen (secondary N) is 3. The van der Waals surface area contributed by atoms with Crippen LogP contribution in [0.25, 0.3) is 23.1 Å². The number of H-pyrrole nitrogens is 1. The van der Waals surface area contributed by atoms with Crippen molar-refractivity contribution in [2.24, 2.45) is 5.10 Å². The molecule has 0 aliphatic carbocycles. The van der Waals surface area contributed by atoms with E-state index in [-0.39, 0.29) is 13.0 Å². The van der Waals surface area contributed by atoms with Crippen molar-refractivity contribution < 1.29 is 14.3 Å². The van der Waals surface area contributed by atoms with Gasteiger partial charge in [0.05, 0.1) is 11.9 Å². The highest BCUT2D eigenvalue weighted by atomic mass is 35.5. The van der Waals surface area contributed by atoms with Crippen molar-refractivity contribution >= 4 is 52.7 Å². The van der Waals surface area contributed by atoms with Crippen LogP contribution in [0.5, 0.6) is 5.75 Å². The van der Waals surface area contributed by atoms with Crippen molar-refractivity contribution in [2.45, 2.75) is 12.5 Å². The number of carbonyl (C=O) groups excluding carboxylic acids is 2. The van der Waals surface area contributed by atoms with Gasteiger partial charge in [0.2, 0.25) is 0 Å². The number of benzene rings is 3.